The summed E-state index contributed by atoms with van der Waals surface area (Å²) in [5.74, 6) is 0.348. The molecule has 2 N–H and O–H groups in total. The van der Waals surface area contributed by atoms with Crippen molar-refractivity contribution in [2.45, 2.75) is 32.7 Å². The highest BCUT2D eigenvalue weighted by Crippen LogP contribution is 2.12. The Balaban J connectivity index is 1.91. The van der Waals surface area contributed by atoms with Gasteiger partial charge in [0, 0.05) is 17.8 Å². The van der Waals surface area contributed by atoms with Crippen molar-refractivity contribution in [3.63, 3.8) is 0 Å². The summed E-state index contributed by atoms with van der Waals surface area (Å²) in [6.45, 7) is 4.11. The first-order valence-electron chi connectivity index (χ1n) is 6.39. The number of amides is 1. The highest BCUT2D eigenvalue weighted by molar-refractivity contribution is 7.15. The van der Waals surface area contributed by atoms with E-state index in [1.807, 2.05) is 22.2 Å². The highest BCUT2D eigenvalue weighted by atomic mass is 32.1. The van der Waals surface area contributed by atoms with Gasteiger partial charge in [-0.3, -0.25) is 9.20 Å². The molecule has 0 saturated heterocycles. The zero-order valence-electron chi connectivity index (χ0n) is 11.2. The maximum Gasteiger partial charge on any atom is 0.226 e. The smallest absolute Gasteiger partial charge is 0.226 e. The van der Waals surface area contributed by atoms with Crippen molar-refractivity contribution in [2.24, 2.45) is 5.92 Å². The van der Waals surface area contributed by atoms with Crippen molar-refractivity contribution in [1.82, 2.24) is 14.7 Å². The number of carbonyl (C=O) groups excluding carboxylic acids is 1. The van der Waals surface area contributed by atoms with Gasteiger partial charge in [0.05, 0.1) is 24.8 Å². The molecule has 2 heterocycles. The second-order valence-electron chi connectivity index (χ2n) is 5.08. The van der Waals surface area contributed by atoms with Crippen LogP contribution in [0.4, 0.5) is 0 Å². The maximum absolute atomic E-state index is 11.9. The molecular weight excluding hydrogens is 262 g/mol. The van der Waals surface area contributed by atoms with Gasteiger partial charge in [0.25, 0.3) is 0 Å². The normalized spacial score (nSPS) is 13.1. The van der Waals surface area contributed by atoms with Gasteiger partial charge in [-0.2, -0.15) is 0 Å². The SMILES string of the molecule is CC(C)CC(CO)NC(=O)Cc1cn2ccsc2n1. The van der Waals surface area contributed by atoms with E-state index in [2.05, 4.69) is 24.1 Å². The van der Waals surface area contributed by atoms with Gasteiger partial charge in [0.2, 0.25) is 5.91 Å². The lowest BCUT2D eigenvalue weighted by molar-refractivity contribution is -0.121. The molecule has 0 spiro atoms. The molecule has 1 atom stereocenters. The second-order valence-corrected chi connectivity index (χ2v) is 5.95. The van der Waals surface area contributed by atoms with Gasteiger partial charge in [-0.05, 0) is 12.3 Å². The van der Waals surface area contributed by atoms with Crippen LogP contribution < -0.4 is 5.32 Å². The largest absolute Gasteiger partial charge is 0.394 e. The van der Waals surface area contributed by atoms with E-state index in [0.29, 0.717) is 5.92 Å². The van der Waals surface area contributed by atoms with Gasteiger partial charge < -0.3 is 10.4 Å². The fraction of sp³-hybridized carbons (Fsp3) is 0.538. The van der Waals surface area contributed by atoms with Crippen LogP contribution in [0.15, 0.2) is 17.8 Å². The summed E-state index contributed by atoms with van der Waals surface area (Å²) in [5, 5.41) is 14.0. The summed E-state index contributed by atoms with van der Waals surface area (Å²) < 4.78 is 1.91. The van der Waals surface area contributed by atoms with E-state index >= 15 is 0 Å². The minimum atomic E-state index is -0.170. The quantitative estimate of drug-likeness (QED) is 0.842. The average Bonchev–Trinajstić information content (AvgIpc) is 2.87. The zero-order valence-corrected chi connectivity index (χ0v) is 12.0. The van der Waals surface area contributed by atoms with Crippen molar-refractivity contribution in [1.29, 1.82) is 0 Å². The van der Waals surface area contributed by atoms with Crippen LogP contribution in [0.2, 0.25) is 0 Å². The van der Waals surface area contributed by atoms with E-state index in [9.17, 15) is 9.90 Å². The predicted molar refractivity (Wildman–Crippen MR) is 75.2 cm³/mol. The minimum absolute atomic E-state index is 0.0256. The molecule has 2 rings (SSSR count). The summed E-state index contributed by atoms with van der Waals surface area (Å²) in [7, 11) is 0. The number of fused-ring (bicyclic) bond motifs is 1. The molecule has 104 valence electrons. The number of aliphatic hydroxyl groups is 1. The number of nitrogens with zero attached hydrogens (tertiary/aromatic N) is 2. The molecule has 2 aromatic heterocycles. The first-order valence-corrected chi connectivity index (χ1v) is 7.27. The maximum atomic E-state index is 11.9. The standard InChI is InChI=1S/C13H19N3O2S/c1-9(2)5-11(8-17)14-12(18)6-10-7-16-3-4-19-13(16)15-10/h3-4,7,9,11,17H,5-6,8H2,1-2H3,(H,14,18). The van der Waals surface area contributed by atoms with E-state index in [-0.39, 0.29) is 25.0 Å². The minimum Gasteiger partial charge on any atom is -0.394 e. The molecule has 0 aliphatic rings. The number of rotatable bonds is 6. The Kier molecular flexibility index (Phi) is 4.55. The summed E-state index contributed by atoms with van der Waals surface area (Å²) in [6, 6.07) is -0.170. The van der Waals surface area contributed by atoms with Crippen LogP contribution in [-0.4, -0.2) is 33.0 Å². The van der Waals surface area contributed by atoms with E-state index in [1.165, 1.54) is 0 Å². The first kappa shape index (κ1) is 14.0. The summed E-state index contributed by atoms with van der Waals surface area (Å²) in [6.07, 6.45) is 4.81. The van der Waals surface area contributed by atoms with Crippen molar-refractivity contribution >= 4 is 22.2 Å². The lowest BCUT2D eigenvalue weighted by Gasteiger charge is -2.17. The first-order chi connectivity index (χ1) is 9.08. The van der Waals surface area contributed by atoms with Crippen molar-refractivity contribution in [3.8, 4) is 0 Å². The van der Waals surface area contributed by atoms with Crippen LogP contribution in [0.5, 0.6) is 0 Å². The Morgan fingerprint density at radius 2 is 2.37 bits per heavy atom. The van der Waals surface area contributed by atoms with Gasteiger partial charge in [-0.15, -0.1) is 11.3 Å². The van der Waals surface area contributed by atoms with E-state index < -0.39 is 0 Å². The second kappa shape index (κ2) is 6.16. The molecule has 0 aromatic carbocycles. The lowest BCUT2D eigenvalue weighted by atomic mass is 10.0. The van der Waals surface area contributed by atoms with Crippen LogP contribution >= 0.6 is 11.3 Å². The fourth-order valence-electron chi connectivity index (χ4n) is 2.05. The third-order valence-electron chi connectivity index (χ3n) is 2.83. The van der Waals surface area contributed by atoms with Crippen molar-refractivity contribution in [2.75, 3.05) is 6.61 Å². The average molecular weight is 281 g/mol. The molecule has 0 aliphatic heterocycles. The molecule has 0 fully saturated rings. The Labute approximate surface area is 116 Å². The number of carbonyl (C=O) groups is 1. The Hall–Kier alpha value is -1.40. The lowest BCUT2D eigenvalue weighted by Crippen LogP contribution is -2.39. The molecule has 1 unspecified atom stereocenters. The topological polar surface area (TPSA) is 66.6 Å². The molecule has 2 aromatic rings. The van der Waals surface area contributed by atoms with Crippen LogP contribution in [0, 0.1) is 5.92 Å². The Bertz CT molecular complexity index is 518. The van der Waals surface area contributed by atoms with Gasteiger partial charge >= 0.3 is 0 Å². The number of thiazole rings is 1. The van der Waals surface area contributed by atoms with Crippen LogP contribution in [0.1, 0.15) is 26.0 Å². The highest BCUT2D eigenvalue weighted by Gasteiger charge is 2.14. The van der Waals surface area contributed by atoms with Crippen LogP contribution in [0.3, 0.4) is 0 Å². The molecule has 5 nitrogen and oxygen atoms in total. The monoisotopic (exact) mass is 281 g/mol. The van der Waals surface area contributed by atoms with Crippen LogP contribution in [-0.2, 0) is 11.2 Å². The van der Waals surface area contributed by atoms with Gasteiger partial charge in [0.15, 0.2) is 4.96 Å². The molecule has 6 heteroatoms. The summed E-state index contributed by atoms with van der Waals surface area (Å²) >= 11 is 1.54. The van der Waals surface area contributed by atoms with Gasteiger partial charge in [-0.1, -0.05) is 13.8 Å². The molecule has 0 radical (unpaired) electrons. The molecule has 1 amide bonds. The van der Waals surface area contributed by atoms with Crippen molar-refractivity contribution in [3.05, 3.63) is 23.5 Å². The molecule has 0 bridgehead atoms. The Morgan fingerprint density at radius 1 is 1.58 bits per heavy atom. The van der Waals surface area contributed by atoms with Gasteiger partial charge in [-0.25, -0.2) is 4.98 Å². The third-order valence-corrected chi connectivity index (χ3v) is 3.60. The van der Waals surface area contributed by atoms with E-state index in [0.717, 1.165) is 17.1 Å². The summed E-state index contributed by atoms with van der Waals surface area (Å²) in [5.41, 5.74) is 0.755. The number of hydrogen-bond acceptors (Lipinski definition) is 4. The van der Waals surface area contributed by atoms with E-state index in [4.69, 9.17) is 0 Å². The van der Waals surface area contributed by atoms with Crippen molar-refractivity contribution < 1.29 is 9.90 Å². The predicted octanol–water partition coefficient (Wildman–Crippen LogP) is 1.46. The number of imidazole rings is 1. The van der Waals surface area contributed by atoms with Gasteiger partial charge in [0.1, 0.15) is 0 Å². The molecule has 0 saturated carbocycles. The fourth-order valence-corrected chi connectivity index (χ4v) is 2.77. The number of nitrogens with one attached hydrogen (secondary N) is 1. The molecular formula is C13H19N3O2S. The molecule has 0 aliphatic carbocycles. The Morgan fingerprint density at radius 3 is 3.00 bits per heavy atom. The number of aliphatic hydroxyl groups excluding tert-OH is 1. The number of aromatic nitrogens is 2. The summed E-state index contributed by atoms with van der Waals surface area (Å²) in [4.78, 5) is 17.2. The third kappa shape index (κ3) is 3.78. The van der Waals surface area contributed by atoms with E-state index in [1.54, 1.807) is 11.3 Å². The number of hydrogen-bond donors (Lipinski definition) is 2. The zero-order chi connectivity index (χ0) is 13.8. The van der Waals surface area contributed by atoms with Crippen LogP contribution in [0.25, 0.3) is 4.96 Å². The molecule has 19 heavy (non-hydrogen) atoms.